The van der Waals surface area contributed by atoms with Gasteiger partial charge in [-0.15, -0.1) is 0 Å². The molecule has 0 saturated heterocycles. The van der Waals surface area contributed by atoms with Gasteiger partial charge in [-0.2, -0.15) is 13.2 Å². The topological polar surface area (TPSA) is 90.5 Å². The number of urea groups is 1. The molecule has 1 aromatic carbocycles. The molecule has 2 atom stereocenters. The molecule has 0 bridgehead atoms. The summed E-state index contributed by atoms with van der Waals surface area (Å²) in [4.78, 5) is 23.3. The van der Waals surface area contributed by atoms with E-state index in [2.05, 4.69) is 10.6 Å². The number of halogens is 3. The third kappa shape index (κ3) is 3.55. The largest absolute Gasteiger partial charge is 0.408 e. The number of nitrogens with one attached hydrogen (secondary N) is 3. The van der Waals surface area contributed by atoms with Gasteiger partial charge < -0.3 is 21.1 Å². The second kappa shape index (κ2) is 6.07. The number of hydrogen-bond acceptors (Lipinski definition) is 3. The van der Waals surface area contributed by atoms with Crippen molar-refractivity contribution >= 4 is 17.6 Å². The SMILES string of the molecule is C[C@H](NC(=O)NCCC1(O)C(=O)Nc2ccccc21)C(F)(F)F. The molecule has 0 saturated carbocycles. The van der Waals surface area contributed by atoms with Gasteiger partial charge in [-0.25, -0.2) is 4.79 Å². The molecular weight excluding hydrogens is 315 g/mol. The molecule has 3 amide bonds. The van der Waals surface area contributed by atoms with Gasteiger partial charge in [0, 0.05) is 24.2 Å². The number of fused-ring (bicyclic) bond motifs is 1. The summed E-state index contributed by atoms with van der Waals surface area (Å²) >= 11 is 0. The summed E-state index contributed by atoms with van der Waals surface area (Å²) in [6, 6.07) is 3.51. The van der Waals surface area contributed by atoms with Crippen molar-refractivity contribution in [1.29, 1.82) is 0 Å². The second-order valence-corrected chi connectivity index (χ2v) is 5.27. The molecule has 0 radical (unpaired) electrons. The van der Waals surface area contributed by atoms with E-state index in [4.69, 9.17) is 0 Å². The number of anilines is 1. The van der Waals surface area contributed by atoms with Crippen molar-refractivity contribution in [1.82, 2.24) is 10.6 Å². The molecule has 1 aliphatic rings. The predicted octanol–water partition coefficient (Wildman–Crippen LogP) is 1.47. The quantitative estimate of drug-likeness (QED) is 0.673. The first kappa shape index (κ1) is 17.1. The van der Waals surface area contributed by atoms with Crippen LogP contribution in [0.15, 0.2) is 24.3 Å². The van der Waals surface area contributed by atoms with Crippen LogP contribution in [-0.4, -0.2) is 35.8 Å². The molecule has 6 nitrogen and oxygen atoms in total. The Morgan fingerprint density at radius 3 is 2.70 bits per heavy atom. The highest BCUT2D eigenvalue weighted by Crippen LogP contribution is 2.37. The highest BCUT2D eigenvalue weighted by molar-refractivity contribution is 6.04. The molecule has 0 aliphatic carbocycles. The number of carbonyl (C=O) groups is 2. The monoisotopic (exact) mass is 331 g/mol. The highest BCUT2D eigenvalue weighted by Gasteiger charge is 2.44. The maximum Gasteiger partial charge on any atom is 0.408 e. The number of aliphatic hydroxyl groups is 1. The van der Waals surface area contributed by atoms with Gasteiger partial charge in [-0.3, -0.25) is 4.79 Å². The molecule has 1 aromatic rings. The Labute approximate surface area is 130 Å². The molecule has 1 unspecified atom stereocenters. The fraction of sp³-hybridized carbons (Fsp3) is 0.429. The Kier molecular flexibility index (Phi) is 4.51. The lowest BCUT2D eigenvalue weighted by atomic mass is 9.92. The lowest BCUT2D eigenvalue weighted by Gasteiger charge is -2.22. The maximum atomic E-state index is 12.3. The summed E-state index contributed by atoms with van der Waals surface area (Å²) in [7, 11) is 0. The third-order valence-electron chi connectivity index (χ3n) is 3.61. The summed E-state index contributed by atoms with van der Waals surface area (Å²) in [6.07, 6.45) is -4.70. The molecule has 0 fully saturated rings. The van der Waals surface area contributed by atoms with Crippen molar-refractivity contribution in [2.24, 2.45) is 0 Å². The van der Waals surface area contributed by atoms with Gasteiger partial charge in [0.15, 0.2) is 5.60 Å². The minimum absolute atomic E-state index is 0.163. The highest BCUT2D eigenvalue weighted by atomic mass is 19.4. The standard InChI is InChI=1S/C14H16F3N3O3/c1-8(14(15,16)17)19-12(22)18-7-6-13(23)9-4-2-3-5-10(9)20-11(13)21/h2-5,8,23H,6-7H2,1H3,(H,20,21)(H2,18,19,22)/t8-,13?/m0/s1. The van der Waals surface area contributed by atoms with Crippen LogP contribution in [-0.2, 0) is 10.4 Å². The number of alkyl halides is 3. The van der Waals surface area contributed by atoms with Gasteiger partial charge in [0.2, 0.25) is 0 Å². The van der Waals surface area contributed by atoms with Crippen LogP contribution >= 0.6 is 0 Å². The molecule has 4 N–H and O–H groups in total. The van der Waals surface area contributed by atoms with E-state index in [1.807, 2.05) is 0 Å². The van der Waals surface area contributed by atoms with Crippen molar-refractivity contribution in [3.05, 3.63) is 29.8 Å². The third-order valence-corrected chi connectivity index (χ3v) is 3.61. The molecule has 1 aliphatic heterocycles. The Hall–Kier alpha value is -2.29. The van der Waals surface area contributed by atoms with Gasteiger partial charge in [-0.1, -0.05) is 18.2 Å². The van der Waals surface area contributed by atoms with Crippen molar-refractivity contribution in [2.45, 2.75) is 31.2 Å². The van der Waals surface area contributed by atoms with Gasteiger partial charge in [0.25, 0.3) is 5.91 Å². The lowest BCUT2D eigenvalue weighted by Crippen LogP contribution is -2.48. The van der Waals surface area contributed by atoms with E-state index in [1.54, 1.807) is 29.6 Å². The summed E-state index contributed by atoms with van der Waals surface area (Å²) in [5.41, 5.74) is -0.981. The Morgan fingerprint density at radius 1 is 1.39 bits per heavy atom. The minimum Gasteiger partial charge on any atom is -0.375 e. The first-order valence-corrected chi connectivity index (χ1v) is 6.89. The number of benzene rings is 1. The van der Waals surface area contributed by atoms with Crippen molar-refractivity contribution in [2.75, 3.05) is 11.9 Å². The minimum atomic E-state index is -4.54. The predicted molar refractivity (Wildman–Crippen MR) is 75.6 cm³/mol. The van der Waals surface area contributed by atoms with E-state index in [1.165, 1.54) is 0 Å². The Morgan fingerprint density at radius 2 is 2.04 bits per heavy atom. The average Bonchev–Trinajstić information content (AvgIpc) is 2.70. The van der Waals surface area contributed by atoms with Gasteiger partial charge in [-0.05, 0) is 13.0 Å². The van der Waals surface area contributed by atoms with E-state index in [-0.39, 0.29) is 13.0 Å². The second-order valence-electron chi connectivity index (χ2n) is 5.27. The van der Waals surface area contributed by atoms with Crippen LogP contribution in [0.2, 0.25) is 0 Å². The number of amides is 3. The van der Waals surface area contributed by atoms with Crippen LogP contribution in [0.25, 0.3) is 0 Å². The van der Waals surface area contributed by atoms with E-state index in [0.29, 0.717) is 11.3 Å². The van der Waals surface area contributed by atoms with Crippen LogP contribution in [0.5, 0.6) is 0 Å². The number of carbonyl (C=O) groups excluding carboxylic acids is 2. The molecular formula is C14H16F3N3O3. The van der Waals surface area contributed by atoms with Gasteiger partial charge in [0.05, 0.1) is 0 Å². The number of rotatable bonds is 4. The fourth-order valence-electron chi connectivity index (χ4n) is 2.24. The van der Waals surface area contributed by atoms with E-state index in [9.17, 15) is 27.9 Å². The molecule has 1 heterocycles. The van der Waals surface area contributed by atoms with Crippen molar-refractivity contribution in [3.63, 3.8) is 0 Å². The van der Waals surface area contributed by atoms with Crippen molar-refractivity contribution < 1.29 is 27.9 Å². The molecule has 0 spiro atoms. The zero-order valence-electron chi connectivity index (χ0n) is 12.2. The van der Waals surface area contributed by atoms with Gasteiger partial charge in [0.1, 0.15) is 6.04 Å². The number of para-hydroxylation sites is 1. The summed E-state index contributed by atoms with van der Waals surface area (Å²) < 4.78 is 37.0. The molecule has 0 aromatic heterocycles. The first-order valence-electron chi connectivity index (χ1n) is 6.89. The Bertz CT molecular complexity index is 621. The zero-order valence-corrected chi connectivity index (χ0v) is 12.2. The van der Waals surface area contributed by atoms with Crippen LogP contribution in [0.1, 0.15) is 18.9 Å². The molecule has 23 heavy (non-hydrogen) atoms. The Balaban J connectivity index is 1.91. The van der Waals surface area contributed by atoms with E-state index >= 15 is 0 Å². The number of hydrogen-bond donors (Lipinski definition) is 4. The van der Waals surface area contributed by atoms with Crippen LogP contribution in [0, 0.1) is 0 Å². The lowest BCUT2D eigenvalue weighted by molar-refractivity contribution is -0.148. The summed E-state index contributed by atoms with van der Waals surface area (Å²) in [5, 5.41) is 16.9. The van der Waals surface area contributed by atoms with Crippen molar-refractivity contribution in [3.8, 4) is 0 Å². The smallest absolute Gasteiger partial charge is 0.375 e. The fourth-order valence-corrected chi connectivity index (χ4v) is 2.24. The molecule has 2 rings (SSSR count). The van der Waals surface area contributed by atoms with Gasteiger partial charge >= 0.3 is 12.2 Å². The van der Waals surface area contributed by atoms with Crippen LogP contribution in [0.4, 0.5) is 23.7 Å². The zero-order chi connectivity index (χ0) is 17.3. The molecule has 9 heteroatoms. The van der Waals surface area contributed by atoms with Crippen LogP contribution < -0.4 is 16.0 Å². The maximum absolute atomic E-state index is 12.3. The molecule has 126 valence electrons. The van der Waals surface area contributed by atoms with E-state index in [0.717, 1.165) is 6.92 Å². The first-order chi connectivity index (χ1) is 10.6. The summed E-state index contributed by atoms with van der Waals surface area (Å²) in [6.45, 7) is 0.641. The normalized spacial score (nSPS) is 21.3. The van der Waals surface area contributed by atoms with Crippen LogP contribution in [0.3, 0.4) is 0 Å². The average molecular weight is 331 g/mol. The van der Waals surface area contributed by atoms with E-state index < -0.39 is 29.8 Å². The summed E-state index contributed by atoms with van der Waals surface area (Å²) in [5.74, 6) is -0.635.